The number of likely N-dealkylation sites (N-methyl/N-ethyl adjacent to an activating group) is 1. The first-order chi connectivity index (χ1) is 11.5. The molecule has 1 aromatic rings. The summed E-state index contributed by atoms with van der Waals surface area (Å²) >= 11 is 0. The minimum absolute atomic E-state index is 0.00383. The number of benzene rings is 1. The van der Waals surface area contributed by atoms with Gasteiger partial charge in [0.2, 0.25) is 5.91 Å². The summed E-state index contributed by atoms with van der Waals surface area (Å²) in [5.74, 6) is -0.214. The van der Waals surface area contributed by atoms with Crippen LogP contribution in [0.15, 0.2) is 24.3 Å². The maximum atomic E-state index is 13.1. The predicted molar refractivity (Wildman–Crippen MR) is 92.3 cm³/mol. The first-order valence-corrected chi connectivity index (χ1v) is 8.38. The molecule has 2 rings (SSSR count). The van der Waals surface area contributed by atoms with E-state index in [1.54, 1.807) is 19.2 Å². The molecule has 1 saturated heterocycles. The molecular weight excluding hydrogens is 309 g/mol. The molecule has 1 fully saturated rings. The number of carbonyl (C=O) groups excluding carboxylic acids is 1. The molecule has 0 aliphatic carbocycles. The highest BCUT2D eigenvalue weighted by Gasteiger charge is 2.39. The average molecular weight is 337 g/mol. The SMILES string of the molecule is COCC1(C(=O)NCC(c2ccc(F)cc2)N(C)C)CCNCC1. The first kappa shape index (κ1) is 18.8. The molecule has 1 aromatic carbocycles. The topological polar surface area (TPSA) is 53.6 Å². The Kier molecular flexibility index (Phi) is 6.71. The van der Waals surface area contributed by atoms with Crippen molar-refractivity contribution in [2.24, 2.45) is 5.41 Å². The second-order valence-electron chi connectivity index (χ2n) is 6.70. The Bertz CT molecular complexity index is 522. The van der Waals surface area contributed by atoms with Crippen LogP contribution in [0.3, 0.4) is 0 Å². The molecule has 134 valence electrons. The molecule has 1 amide bonds. The van der Waals surface area contributed by atoms with Gasteiger partial charge in [0.15, 0.2) is 0 Å². The number of nitrogens with zero attached hydrogens (tertiary/aromatic N) is 1. The Morgan fingerprint density at radius 2 is 1.96 bits per heavy atom. The van der Waals surface area contributed by atoms with Crippen molar-refractivity contribution in [3.8, 4) is 0 Å². The van der Waals surface area contributed by atoms with Crippen LogP contribution in [-0.2, 0) is 9.53 Å². The van der Waals surface area contributed by atoms with E-state index in [9.17, 15) is 9.18 Å². The molecule has 0 saturated carbocycles. The molecule has 0 aromatic heterocycles. The van der Waals surface area contributed by atoms with Gasteiger partial charge >= 0.3 is 0 Å². The molecule has 6 heteroatoms. The highest BCUT2D eigenvalue weighted by atomic mass is 19.1. The van der Waals surface area contributed by atoms with E-state index in [0.29, 0.717) is 13.2 Å². The molecule has 1 heterocycles. The summed E-state index contributed by atoms with van der Waals surface area (Å²) in [5.41, 5.74) is 0.521. The standard InChI is InChI=1S/C18H28FN3O2/c1-22(2)16(14-4-6-15(19)7-5-14)12-21-17(23)18(13-24-3)8-10-20-11-9-18/h4-7,16,20H,8-13H2,1-3H3,(H,21,23). The number of hydrogen-bond acceptors (Lipinski definition) is 4. The lowest BCUT2D eigenvalue weighted by atomic mass is 9.78. The lowest BCUT2D eigenvalue weighted by molar-refractivity contribution is -0.136. The van der Waals surface area contributed by atoms with Crippen molar-refractivity contribution < 1.29 is 13.9 Å². The Morgan fingerprint density at radius 1 is 1.33 bits per heavy atom. The number of carbonyl (C=O) groups is 1. The smallest absolute Gasteiger partial charge is 0.228 e. The lowest BCUT2D eigenvalue weighted by Crippen LogP contribution is -2.51. The van der Waals surface area contributed by atoms with Crippen molar-refractivity contribution in [2.45, 2.75) is 18.9 Å². The Labute approximate surface area is 143 Å². The number of nitrogens with one attached hydrogen (secondary N) is 2. The third-order valence-corrected chi connectivity index (χ3v) is 4.80. The van der Waals surface area contributed by atoms with Gasteiger partial charge in [-0.05, 0) is 57.7 Å². The van der Waals surface area contributed by atoms with E-state index < -0.39 is 5.41 Å². The summed E-state index contributed by atoms with van der Waals surface area (Å²) in [6.07, 6.45) is 1.55. The molecule has 1 aliphatic heterocycles. The molecule has 0 radical (unpaired) electrons. The van der Waals surface area contributed by atoms with Gasteiger partial charge in [-0.25, -0.2) is 4.39 Å². The number of piperidine rings is 1. The molecule has 1 aliphatic rings. The van der Waals surface area contributed by atoms with Crippen molar-refractivity contribution in [3.63, 3.8) is 0 Å². The van der Waals surface area contributed by atoms with E-state index in [2.05, 4.69) is 10.6 Å². The maximum Gasteiger partial charge on any atom is 0.228 e. The van der Waals surface area contributed by atoms with Crippen LogP contribution in [0.25, 0.3) is 0 Å². The van der Waals surface area contributed by atoms with E-state index >= 15 is 0 Å². The van der Waals surface area contributed by atoms with E-state index in [4.69, 9.17) is 4.74 Å². The zero-order valence-corrected chi connectivity index (χ0v) is 14.8. The summed E-state index contributed by atoms with van der Waals surface area (Å²) in [4.78, 5) is 14.9. The highest BCUT2D eigenvalue weighted by molar-refractivity contribution is 5.83. The van der Waals surface area contributed by atoms with E-state index in [1.807, 2.05) is 19.0 Å². The molecule has 24 heavy (non-hydrogen) atoms. The summed E-state index contributed by atoms with van der Waals surface area (Å²) in [6.45, 7) is 2.57. The summed E-state index contributed by atoms with van der Waals surface area (Å²) in [7, 11) is 5.55. The largest absolute Gasteiger partial charge is 0.384 e. The van der Waals surface area contributed by atoms with Gasteiger partial charge in [-0.3, -0.25) is 4.79 Å². The normalized spacial score (nSPS) is 18.4. The average Bonchev–Trinajstić information content (AvgIpc) is 2.57. The van der Waals surface area contributed by atoms with Crippen LogP contribution in [0.1, 0.15) is 24.4 Å². The van der Waals surface area contributed by atoms with Crippen LogP contribution in [0, 0.1) is 11.2 Å². The van der Waals surface area contributed by atoms with Crippen molar-refractivity contribution in [2.75, 3.05) is 47.4 Å². The molecule has 1 unspecified atom stereocenters. The van der Waals surface area contributed by atoms with Gasteiger partial charge < -0.3 is 20.3 Å². The third-order valence-electron chi connectivity index (χ3n) is 4.80. The molecule has 1 atom stereocenters. The van der Waals surface area contributed by atoms with Gasteiger partial charge in [-0.15, -0.1) is 0 Å². The zero-order valence-electron chi connectivity index (χ0n) is 14.8. The van der Waals surface area contributed by atoms with Gasteiger partial charge in [0, 0.05) is 13.7 Å². The van der Waals surface area contributed by atoms with Crippen LogP contribution in [-0.4, -0.2) is 58.3 Å². The Morgan fingerprint density at radius 3 is 2.50 bits per heavy atom. The van der Waals surface area contributed by atoms with E-state index in [-0.39, 0.29) is 17.8 Å². The predicted octanol–water partition coefficient (Wildman–Crippen LogP) is 1.56. The summed E-state index contributed by atoms with van der Waals surface area (Å²) in [6, 6.07) is 6.43. The Balaban J connectivity index is 2.04. The van der Waals surface area contributed by atoms with Crippen LogP contribution in [0.5, 0.6) is 0 Å². The van der Waals surface area contributed by atoms with Crippen molar-refractivity contribution in [3.05, 3.63) is 35.6 Å². The minimum atomic E-state index is -0.459. The zero-order chi connectivity index (χ0) is 17.6. The number of methoxy groups -OCH3 is 1. The van der Waals surface area contributed by atoms with Gasteiger partial charge in [-0.2, -0.15) is 0 Å². The molecular formula is C18H28FN3O2. The molecule has 0 spiro atoms. The van der Waals surface area contributed by atoms with Gasteiger partial charge in [0.1, 0.15) is 5.82 Å². The fourth-order valence-electron chi connectivity index (χ4n) is 3.28. The second kappa shape index (κ2) is 8.55. The third kappa shape index (κ3) is 4.53. The van der Waals surface area contributed by atoms with E-state index in [1.165, 1.54) is 12.1 Å². The van der Waals surface area contributed by atoms with E-state index in [0.717, 1.165) is 31.5 Å². The molecule has 5 nitrogen and oxygen atoms in total. The van der Waals surface area contributed by atoms with Gasteiger partial charge in [0.25, 0.3) is 0 Å². The number of ether oxygens (including phenoxy) is 1. The van der Waals surface area contributed by atoms with Gasteiger partial charge in [-0.1, -0.05) is 12.1 Å². The fraction of sp³-hybridized carbons (Fsp3) is 0.611. The fourth-order valence-corrected chi connectivity index (χ4v) is 3.28. The van der Waals surface area contributed by atoms with Crippen molar-refractivity contribution >= 4 is 5.91 Å². The summed E-state index contributed by atoms with van der Waals surface area (Å²) in [5, 5.41) is 6.38. The van der Waals surface area contributed by atoms with Crippen molar-refractivity contribution in [1.82, 2.24) is 15.5 Å². The van der Waals surface area contributed by atoms with Crippen LogP contribution in [0.4, 0.5) is 4.39 Å². The van der Waals surface area contributed by atoms with Gasteiger partial charge in [0.05, 0.1) is 18.1 Å². The van der Waals surface area contributed by atoms with Crippen LogP contribution in [0.2, 0.25) is 0 Å². The lowest BCUT2D eigenvalue weighted by Gasteiger charge is -2.36. The Hall–Kier alpha value is -1.50. The molecule has 0 bridgehead atoms. The van der Waals surface area contributed by atoms with Crippen molar-refractivity contribution in [1.29, 1.82) is 0 Å². The van der Waals surface area contributed by atoms with Crippen LogP contribution >= 0.6 is 0 Å². The molecule has 2 N–H and O–H groups in total. The number of rotatable bonds is 7. The maximum absolute atomic E-state index is 13.1. The highest BCUT2D eigenvalue weighted by Crippen LogP contribution is 2.29. The number of amides is 1. The quantitative estimate of drug-likeness (QED) is 0.793. The van der Waals surface area contributed by atoms with Crippen LogP contribution < -0.4 is 10.6 Å². The first-order valence-electron chi connectivity index (χ1n) is 8.38. The summed E-state index contributed by atoms with van der Waals surface area (Å²) < 4.78 is 18.5. The number of halogens is 1. The monoisotopic (exact) mass is 337 g/mol. The second-order valence-corrected chi connectivity index (χ2v) is 6.70. The minimum Gasteiger partial charge on any atom is -0.384 e. The number of hydrogen-bond donors (Lipinski definition) is 2.